The van der Waals surface area contributed by atoms with Gasteiger partial charge in [-0.2, -0.15) is 0 Å². The fraction of sp³-hybridized carbons (Fsp3) is 0.571. The van der Waals surface area contributed by atoms with Crippen molar-refractivity contribution in [3.05, 3.63) is 0 Å². The zero-order valence-corrected chi connectivity index (χ0v) is 6.93. The normalized spacial score (nSPS) is 19.8. The molecule has 0 aromatic heterocycles. The maximum absolute atomic E-state index is 10.4. The van der Waals surface area contributed by atoms with Crippen LogP contribution in [0.25, 0.3) is 0 Å². The van der Waals surface area contributed by atoms with Gasteiger partial charge in [-0.3, -0.25) is 4.79 Å². The van der Waals surface area contributed by atoms with Crippen molar-refractivity contribution in [2.75, 3.05) is 13.2 Å². The molecule has 1 N–H and O–H groups in total. The second-order valence-electron chi connectivity index (χ2n) is 2.24. The van der Waals surface area contributed by atoms with Crippen molar-refractivity contribution in [2.45, 2.75) is 12.2 Å². The highest BCUT2D eigenvalue weighted by molar-refractivity contribution is 6.30. The van der Waals surface area contributed by atoms with Gasteiger partial charge < -0.3 is 14.6 Å². The molecule has 0 radical (unpaired) electrons. The van der Waals surface area contributed by atoms with Gasteiger partial charge >= 0.3 is 5.97 Å². The number of aliphatic carboxylic acids is 1. The summed E-state index contributed by atoms with van der Waals surface area (Å²) in [7, 11) is 0. The molecule has 1 rings (SSSR count). The molecule has 0 aromatic rings. The van der Waals surface area contributed by atoms with Crippen LogP contribution in [0.5, 0.6) is 0 Å². The molecule has 0 aliphatic carbocycles. The van der Waals surface area contributed by atoms with Crippen molar-refractivity contribution >= 4 is 17.6 Å². The van der Waals surface area contributed by atoms with Gasteiger partial charge in [-0.1, -0.05) is 0 Å². The molecule has 0 saturated carbocycles. The molecule has 1 fully saturated rings. The Morgan fingerprint density at radius 1 is 1.58 bits per heavy atom. The number of carbonyl (C=O) groups is 1. The van der Waals surface area contributed by atoms with E-state index >= 15 is 0 Å². The van der Waals surface area contributed by atoms with Crippen LogP contribution in [-0.4, -0.2) is 30.1 Å². The Bertz CT molecular complexity index is 234. The average Bonchev–Trinajstić information content (AvgIpc) is 2.36. The summed E-state index contributed by atoms with van der Waals surface area (Å²) in [5.41, 5.74) is 0. The summed E-state index contributed by atoms with van der Waals surface area (Å²) in [6.45, 7) is 0.692. The number of rotatable bonds is 2. The molecule has 0 aromatic carbocycles. The Kier molecular flexibility index (Phi) is 2.93. The van der Waals surface area contributed by atoms with Crippen LogP contribution in [-0.2, 0) is 14.3 Å². The van der Waals surface area contributed by atoms with Gasteiger partial charge in [-0.25, -0.2) is 0 Å². The van der Waals surface area contributed by atoms with Crippen molar-refractivity contribution in [1.29, 1.82) is 0 Å². The second kappa shape index (κ2) is 3.76. The summed E-state index contributed by atoms with van der Waals surface area (Å²) in [4.78, 5) is 10.4. The van der Waals surface area contributed by atoms with Gasteiger partial charge in [0.05, 0.1) is 13.2 Å². The Morgan fingerprint density at radius 3 is 2.58 bits per heavy atom. The minimum absolute atomic E-state index is 0.313. The smallest absolute Gasteiger partial charge is 0.309 e. The predicted molar refractivity (Wildman–Crippen MR) is 40.5 cm³/mol. The van der Waals surface area contributed by atoms with E-state index in [0.717, 1.165) is 0 Å². The fourth-order valence-corrected chi connectivity index (χ4v) is 1.09. The van der Waals surface area contributed by atoms with Gasteiger partial charge in [-0.05, 0) is 17.5 Å². The topological polar surface area (TPSA) is 55.8 Å². The molecular weight excluding hydrogens is 184 g/mol. The molecular formula is C7H7ClO4. The van der Waals surface area contributed by atoms with Crippen LogP contribution in [0.2, 0.25) is 0 Å². The number of hydrogen-bond donors (Lipinski definition) is 1. The van der Waals surface area contributed by atoms with Crippen LogP contribution < -0.4 is 0 Å². The van der Waals surface area contributed by atoms with Gasteiger partial charge in [0.25, 0.3) is 0 Å². The van der Waals surface area contributed by atoms with Crippen molar-refractivity contribution in [1.82, 2.24) is 0 Å². The quantitative estimate of drug-likeness (QED) is 0.641. The largest absolute Gasteiger partial charge is 0.481 e. The molecule has 0 amide bonds. The SMILES string of the molecule is O=C(O)CC1(C#CCl)OCCO1. The molecule has 5 heteroatoms. The molecule has 1 saturated heterocycles. The van der Waals surface area contributed by atoms with Gasteiger partial charge in [0.15, 0.2) is 0 Å². The van der Waals surface area contributed by atoms with Gasteiger partial charge in [0, 0.05) is 5.38 Å². The number of hydrogen-bond acceptors (Lipinski definition) is 3. The molecule has 0 bridgehead atoms. The zero-order valence-electron chi connectivity index (χ0n) is 6.17. The van der Waals surface area contributed by atoms with E-state index < -0.39 is 11.8 Å². The molecule has 0 spiro atoms. The molecule has 1 heterocycles. The van der Waals surface area contributed by atoms with Crippen molar-refractivity contribution in [2.24, 2.45) is 0 Å². The molecule has 0 unspecified atom stereocenters. The first-order valence-corrected chi connectivity index (χ1v) is 3.69. The number of carboxylic acid groups (broad SMARTS) is 1. The fourth-order valence-electron chi connectivity index (χ4n) is 0.944. The molecule has 66 valence electrons. The zero-order chi connectivity index (χ0) is 9.03. The standard InChI is InChI=1S/C7H7ClO4/c8-2-1-7(5-6(9)10)11-3-4-12-7/h3-5H2,(H,9,10). The van der Waals surface area contributed by atoms with Crippen molar-refractivity contribution < 1.29 is 19.4 Å². The van der Waals surface area contributed by atoms with Crippen molar-refractivity contribution in [3.63, 3.8) is 0 Å². The summed E-state index contributed by atoms with van der Waals surface area (Å²) in [5.74, 6) is 0.0225. The van der Waals surface area contributed by atoms with E-state index in [1.807, 2.05) is 0 Å². The van der Waals surface area contributed by atoms with Gasteiger partial charge in [-0.15, -0.1) is 0 Å². The number of halogens is 1. The maximum Gasteiger partial charge on any atom is 0.309 e. The highest BCUT2D eigenvalue weighted by Gasteiger charge is 2.37. The van der Waals surface area contributed by atoms with E-state index in [9.17, 15) is 4.79 Å². The Labute approximate surface area is 74.4 Å². The van der Waals surface area contributed by atoms with Crippen LogP contribution in [0.15, 0.2) is 0 Å². The summed E-state index contributed by atoms with van der Waals surface area (Å²) >= 11 is 5.14. The first-order valence-electron chi connectivity index (χ1n) is 3.31. The van der Waals surface area contributed by atoms with Crippen LogP contribution in [0.3, 0.4) is 0 Å². The lowest BCUT2D eigenvalue weighted by molar-refractivity contribution is -0.156. The predicted octanol–water partition coefficient (Wildman–Crippen LogP) is 0.404. The lowest BCUT2D eigenvalue weighted by atomic mass is 10.2. The molecule has 4 nitrogen and oxygen atoms in total. The summed E-state index contributed by atoms with van der Waals surface area (Å²) in [6.07, 6.45) is -0.313. The molecule has 1 aliphatic heterocycles. The summed E-state index contributed by atoms with van der Waals surface area (Å²) < 4.78 is 10.1. The van der Waals surface area contributed by atoms with E-state index in [1.165, 1.54) is 0 Å². The molecule has 12 heavy (non-hydrogen) atoms. The van der Waals surface area contributed by atoms with Crippen LogP contribution in [0, 0.1) is 11.3 Å². The average molecular weight is 191 g/mol. The monoisotopic (exact) mass is 190 g/mol. The number of carboxylic acids is 1. The van der Waals surface area contributed by atoms with E-state index in [0.29, 0.717) is 13.2 Å². The summed E-state index contributed by atoms with van der Waals surface area (Å²) in [5, 5.41) is 10.6. The minimum atomic E-state index is -1.33. The highest BCUT2D eigenvalue weighted by atomic mass is 35.5. The molecule has 0 atom stereocenters. The van der Waals surface area contributed by atoms with E-state index in [1.54, 1.807) is 0 Å². The molecule has 1 aliphatic rings. The lowest BCUT2D eigenvalue weighted by Gasteiger charge is -2.17. The Balaban J connectivity index is 2.69. The third kappa shape index (κ3) is 2.11. The second-order valence-corrected chi connectivity index (χ2v) is 2.43. The van der Waals surface area contributed by atoms with Crippen LogP contribution in [0.4, 0.5) is 0 Å². The van der Waals surface area contributed by atoms with Gasteiger partial charge in [0.1, 0.15) is 6.42 Å². The van der Waals surface area contributed by atoms with Crippen molar-refractivity contribution in [3.8, 4) is 11.3 Å². The van der Waals surface area contributed by atoms with E-state index in [-0.39, 0.29) is 6.42 Å². The first-order chi connectivity index (χ1) is 5.68. The summed E-state index contributed by atoms with van der Waals surface area (Å²) in [6, 6.07) is 0. The Morgan fingerprint density at radius 2 is 2.17 bits per heavy atom. The number of ether oxygens (including phenoxy) is 2. The first kappa shape index (κ1) is 9.33. The highest BCUT2D eigenvalue weighted by Crippen LogP contribution is 2.22. The van der Waals surface area contributed by atoms with E-state index in [2.05, 4.69) is 11.3 Å². The minimum Gasteiger partial charge on any atom is -0.481 e. The third-order valence-corrected chi connectivity index (χ3v) is 1.47. The Hall–Kier alpha value is -0.760. The lowest BCUT2D eigenvalue weighted by Crippen LogP contribution is -2.31. The maximum atomic E-state index is 10.4. The van der Waals surface area contributed by atoms with Crippen LogP contribution in [0.1, 0.15) is 6.42 Å². The van der Waals surface area contributed by atoms with Crippen LogP contribution >= 0.6 is 11.6 Å². The van der Waals surface area contributed by atoms with Gasteiger partial charge in [0.2, 0.25) is 5.79 Å². The van der Waals surface area contributed by atoms with E-state index in [4.69, 9.17) is 26.2 Å². The third-order valence-electron chi connectivity index (χ3n) is 1.38.